The minimum Gasteiger partial charge on any atom is -0.444 e. The maximum Gasteiger partial charge on any atom is 0.408 e. The number of halogens is 1. The highest BCUT2D eigenvalue weighted by Gasteiger charge is 2.31. The predicted molar refractivity (Wildman–Crippen MR) is 113 cm³/mol. The number of benzene rings is 1. The summed E-state index contributed by atoms with van der Waals surface area (Å²) < 4.78 is 11.8. The Kier molecular flexibility index (Phi) is 8.45. The normalized spacial score (nSPS) is 18.2. The number of carbonyl (C=O) groups excluding carboxylic acids is 2. The molecule has 0 aliphatic carbocycles. The third kappa shape index (κ3) is 8.41. The summed E-state index contributed by atoms with van der Waals surface area (Å²) in [7, 11) is 0. The Bertz CT molecular complexity index is 721. The second-order valence-corrected chi connectivity index (χ2v) is 8.69. The van der Waals surface area contributed by atoms with Crippen molar-refractivity contribution in [1.82, 2.24) is 10.6 Å². The third-order valence-corrected chi connectivity index (χ3v) is 4.45. The van der Waals surface area contributed by atoms with Crippen LogP contribution < -0.4 is 10.6 Å². The molecule has 9 heteroatoms. The zero-order chi connectivity index (χ0) is 21.4. The van der Waals surface area contributed by atoms with E-state index < -0.39 is 23.8 Å². The van der Waals surface area contributed by atoms with Crippen molar-refractivity contribution in [2.24, 2.45) is 5.16 Å². The summed E-state index contributed by atoms with van der Waals surface area (Å²) in [5.41, 5.74) is 0.290. The number of oxime groups is 1. The van der Waals surface area contributed by atoms with Gasteiger partial charge in [0, 0.05) is 6.42 Å². The smallest absolute Gasteiger partial charge is 0.408 e. The van der Waals surface area contributed by atoms with Crippen molar-refractivity contribution in [3.8, 4) is 0 Å². The molecule has 2 rings (SSSR count). The zero-order valence-electron chi connectivity index (χ0n) is 17.1. The predicted octanol–water partition coefficient (Wildman–Crippen LogP) is 3.10. The molecule has 8 nitrogen and oxygen atoms in total. The lowest BCUT2D eigenvalue weighted by atomic mass is 10.1. The van der Waals surface area contributed by atoms with Crippen LogP contribution in [0.25, 0.3) is 0 Å². The Labute approximate surface area is 179 Å². The summed E-state index contributed by atoms with van der Waals surface area (Å²) in [6.45, 7) is 7.57. The second kappa shape index (κ2) is 10.6. The summed E-state index contributed by atoms with van der Waals surface area (Å²) in [4.78, 5) is 30.2. The van der Waals surface area contributed by atoms with Gasteiger partial charge >= 0.3 is 6.09 Å². The quantitative estimate of drug-likeness (QED) is 0.609. The van der Waals surface area contributed by atoms with E-state index in [2.05, 4.69) is 31.7 Å². The molecular weight excluding hydrogens is 442 g/mol. The van der Waals surface area contributed by atoms with E-state index in [1.165, 1.54) is 0 Å². The van der Waals surface area contributed by atoms with E-state index in [9.17, 15) is 9.59 Å². The molecule has 1 aliphatic rings. The van der Waals surface area contributed by atoms with Crippen LogP contribution in [-0.4, -0.2) is 47.0 Å². The maximum absolute atomic E-state index is 12.8. The number of amides is 2. The van der Waals surface area contributed by atoms with Gasteiger partial charge < -0.3 is 24.9 Å². The molecule has 2 amide bonds. The monoisotopic (exact) mass is 469 g/mol. The molecule has 0 bridgehead atoms. The molecule has 2 N–H and O–H groups in total. The summed E-state index contributed by atoms with van der Waals surface area (Å²) in [5, 5.41) is 9.20. The largest absolute Gasteiger partial charge is 0.444 e. The van der Waals surface area contributed by atoms with Crippen LogP contribution in [0.2, 0.25) is 0 Å². The minimum atomic E-state index is -0.931. The molecule has 3 atom stereocenters. The summed E-state index contributed by atoms with van der Waals surface area (Å²) in [5.74, 6) is -0.386. The van der Waals surface area contributed by atoms with Crippen LogP contribution in [0.5, 0.6) is 0 Å². The van der Waals surface area contributed by atoms with Gasteiger partial charge in [-0.05, 0) is 49.2 Å². The summed E-state index contributed by atoms with van der Waals surface area (Å²) in [6.07, 6.45) is -0.952. The van der Waals surface area contributed by atoms with Gasteiger partial charge in [-0.25, -0.2) is 4.79 Å². The van der Waals surface area contributed by atoms with Crippen LogP contribution in [0.3, 0.4) is 0 Å². The Morgan fingerprint density at radius 2 is 2.00 bits per heavy atom. The number of carbonyl (C=O) groups is 2. The molecule has 29 heavy (non-hydrogen) atoms. The molecule has 0 saturated carbocycles. The lowest BCUT2D eigenvalue weighted by Crippen LogP contribution is -2.54. The summed E-state index contributed by atoms with van der Waals surface area (Å²) in [6, 6.07) is 8.67. The van der Waals surface area contributed by atoms with Gasteiger partial charge in [-0.2, -0.15) is 0 Å². The number of ether oxygens (including phenoxy) is 2. The Morgan fingerprint density at radius 3 is 2.59 bits per heavy atom. The highest BCUT2D eigenvalue weighted by atomic mass is 79.9. The molecule has 1 aromatic carbocycles. The van der Waals surface area contributed by atoms with Crippen molar-refractivity contribution in [1.29, 1.82) is 0 Å². The van der Waals surface area contributed by atoms with Crippen LogP contribution in [-0.2, 0) is 25.7 Å². The number of nitrogens with one attached hydrogen (secondary N) is 2. The fourth-order valence-electron chi connectivity index (χ4n) is 2.56. The van der Waals surface area contributed by atoms with Crippen molar-refractivity contribution in [2.45, 2.75) is 64.6 Å². The number of hydrogen-bond donors (Lipinski definition) is 2. The first-order valence-corrected chi connectivity index (χ1v) is 10.2. The third-order valence-electron chi connectivity index (χ3n) is 3.98. The molecular formula is C20H28BrN3O5. The van der Waals surface area contributed by atoms with Gasteiger partial charge in [0.1, 0.15) is 16.3 Å². The first-order chi connectivity index (χ1) is 13.6. The molecule has 0 saturated heterocycles. The van der Waals surface area contributed by atoms with Crippen molar-refractivity contribution in [3.05, 3.63) is 35.9 Å². The molecule has 160 valence electrons. The molecule has 0 aromatic heterocycles. The van der Waals surface area contributed by atoms with E-state index in [1.54, 1.807) is 27.7 Å². The average molecular weight is 470 g/mol. The lowest BCUT2D eigenvalue weighted by Gasteiger charge is -2.27. The van der Waals surface area contributed by atoms with E-state index in [1.807, 2.05) is 30.3 Å². The van der Waals surface area contributed by atoms with Crippen molar-refractivity contribution in [3.63, 3.8) is 0 Å². The van der Waals surface area contributed by atoms with Gasteiger partial charge in [-0.1, -0.05) is 35.5 Å². The SMILES string of the molecule is C[C@@H](OCc1ccccc1)[C@H](NC(=O)OC(C)(C)C)C(=O)NCC1CC(Br)=NO1. The molecule has 1 aliphatic heterocycles. The topological polar surface area (TPSA) is 98.2 Å². The average Bonchev–Trinajstić information content (AvgIpc) is 3.07. The minimum absolute atomic E-state index is 0.254. The van der Waals surface area contributed by atoms with Crippen molar-refractivity contribution in [2.75, 3.05) is 6.54 Å². The maximum atomic E-state index is 12.8. The number of nitrogens with zero attached hydrogens (tertiary/aromatic N) is 1. The van der Waals surface area contributed by atoms with E-state index in [0.717, 1.165) is 5.56 Å². The fourth-order valence-corrected chi connectivity index (χ4v) is 3.00. The van der Waals surface area contributed by atoms with Gasteiger partial charge in [0.05, 0.1) is 19.3 Å². The standard InChI is InChI=1S/C20H28BrN3O5/c1-13(27-12-14-8-6-5-7-9-14)17(23-19(26)28-20(2,3)4)18(25)22-11-15-10-16(21)24-29-15/h5-9,13,15,17H,10-12H2,1-4H3,(H,22,25)(H,23,26)/t13-,15?,17+/m1/s1. The van der Waals surface area contributed by atoms with Gasteiger partial charge in [-0.3, -0.25) is 4.79 Å². The Morgan fingerprint density at radius 1 is 1.31 bits per heavy atom. The van der Waals surface area contributed by atoms with E-state index >= 15 is 0 Å². The Balaban J connectivity index is 1.96. The van der Waals surface area contributed by atoms with E-state index in [0.29, 0.717) is 17.6 Å². The van der Waals surface area contributed by atoms with Gasteiger partial charge in [0.25, 0.3) is 0 Å². The van der Waals surface area contributed by atoms with Crippen LogP contribution in [0, 0.1) is 0 Å². The molecule has 0 radical (unpaired) electrons. The molecule has 0 fully saturated rings. The molecule has 1 heterocycles. The van der Waals surface area contributed by atoms with Gasteiger partial charge in [-0.15, -0.1) is 0 Å². The fraction of sp³-hybridized carbons (Fsp3) is 0.550. The highest BCUT2D eigenvalue weighted by molar-refractivity contribution is 9.18. The van der Waals surface area contributed by atoms with Crippen LogP contribution in [0.4, 0.5) is 4.79 Å². The van der Waals surface area contributed by atoms with Crippen LogP contribution in [0.1, 0.15) is 39.7 Å². The van der Waals surface area contributed by atoms with E-state index in [-0.39, 0.29) is 18.6 Å². The first-order valence-electron chi connectivity index (χ1n) is 9.45. The van der Waals surface area contributed by atoms with Gasteiger partial charge in [0.15, 0.2) is 6.10 Å². The lowest BCUT2D eigenvalue weighted by molar-refractivity contribution is -0.127. The number of rotatable bonds is 8. The first kappa shape index (κ1) is 23.2. The van der Waals surface area contributed by atoms with E-state index in [4.69, 9.17) is 14.3 Å². The van der Waals surface area contributed by atoms with Crippen LogP contribution >= 0.6 is 15.9 Å². The molecule has 1 unspecified atom stereocenters. The zero-order valence-corrected chi connectivity index (χ0v) is 18.7. The summed E-state index contributed by atoms with van der Waals surface area (Å²) >= 11 is 3.26. The van der Waals surface area contributed by atoms with Crippen LogP contribution in [0.15, 0.2) is 35.5 Å². The number of alkyl carbamates (subject to hydrolysis) is 1. The molecule has 0 spiro atoms. The number of hydrogen-bond acceptors (Lipinski definition) is 6. The van der Waals surface area contributed by atoms with Crippen molar-refractivity contribution >= 4 is 32.6 Å². The second-order valence-electron chi connectivity index (χ2n) is 7.77. The van der Waals surface area contributed by atoms with Gasteiger partial charge in [0.2, 0.25) is 5.91 Å². The molecule has 1 aromatic rings. The Hall–Kier alpha value is -2.13. The van der Waals surface area contributed by atoms with Crippen molar-refractivity contribution < 1.29 is 23.9 Å². The highest BCUT2D eigenvalue weighted by Crippen LogP contribution is 2.14.